The van der Waals surface area contributed by atoms with Gasteiger partial charge in [0.25, 0.3) is 5.91 Å². The second-order valence-electron chi connectivity index (χ2n) is 7.88. The van der Waals surface area contributed by atoms with E-state index < -0.39 is 0 Å². The van der Waals surface area contributed by atoms with Crippen molar-refractivity contribution in [3.63, 3.8) is 0 Å². The maximum Gasteiger partial charge on any atom is 0.273 e. The Morgan fingerprint density at radius 2 is 2.13 bits per heavy atom. The summed E-state index contributed by atoms with van der Waals surface area (Å²) in [6, 6.07) is 14.5. The number of aromatic hydroxyl groups is 1. The van der Waals surface area contributed by atoms with Crippen molar-refractivity contribution in [1.29, 1.82) is 0 Å². The summed E-state index contributed by atoms with van der Waals surface area (Å²) in [5, 5.41) is 17.8. The number of hydrogen-bond donors (Lipinski definition) is 2. The maximum absolute atomic E-state index is 13.4. The molecule has 2 atom stereocenters. The molecule has 31 heavy (non-hydrogen) atoms. The number of hydrogen-bond acceptors (Lipinski definition) is 5. The number of amides is 1. The van der Waals surface area contributed by atoms with Gasteiger partial charge in [-0.15, -0.1) is 0 Å². The maximum atomic E-state index is 13.4. The molecule has 2 aliphatic rings. The van der Waals surface area contributed by atoms with E-state index in [-0.39, 0.29) is 23.8 Å². The number of nitrogens with zero attached hydrogens (tertiary/aromatic N) is 2. The number of carbonyl (C=O) groups is 1. The summed E-state index contributed by atoms with van der Waals surface area (Å²) in [6.45, 7) is 3.74. The molecule has 1 fully saturated rings. The van der Waals surface area contributed by atoms with Gasteiger partial charge in [-0.1, -0.05) is 24.3 Å². The number of phenols is 1. The first-order valence-electron chi connectivity index (χ1n) is 10.7. The number of carbonyl (C=O) groups excluding carboxylic acids is 1. The lowest BCUT2D eigenvalue weighted by Gasteiger charge is -2.28. The molecule has 2 N–H and O–H groups in total. The average molecular weight is 419 g/mol. The lowest BCUT2D eigenvalue weighted by Crippen LogP contribution is -2.36. The van der Waals surface area contributed by atoms with Crippen LogP contribution < -0.4 is 4.74 Å². The van der Waals surface area contributed by atoms with Crippen LogP contribution in [0.1, 0.15) is 47.4 Å². The largest absolute Gasteiger partial charge is 0.507 e. The molecule has 3 aromatic rings. The minimum absolute atomic E-state index is 0.0204. The van der Waals surface area contributed by atoms with E-state index in [9.17, 15) is 9.90 Å². The average Bonchev–Trinajstić information content (AvgIpc) is 3.49. The van der Waals surface area contributed by atoms with Crippen molar-refractivity contribution in [3.8, 4) is 22.8 Å². The molecule has 0 spiro atoms. The number of benzene rings is 2. The van der Waals surface area contributed by atoms with Crippen LogP contribution in [0.2, 0.25) is 0 Å². The Kier molecular flexibility index (Phi) is 5.11. The van der Waals surface area contributed by atoms with Gasteiger partial charge in [-0.25, -0.2) is 0 Å². The molecule has 1 aromatic heterocycles. The monoisotopic (exact) mass is 419 g/mol. The highest BCUT2D eigenvalue weighted by Gasteiger charge is 2.43. The molecular weight excluding hydrogens is 394 g/mol. The Labute approximate surface area is 180 Å². The molecule has 2 aliphatic heterocycles. The van der Waals surface area contributed by atoms with E-state index in [1.54, 1.807) is 12.1 Å². The third-order valence-electron chi connectivity index (χ3n) is 5.93. The highest BCUT2D eigenvalue weighted by molar-refractivity contribution is 6.00. The van der Waals surface area contributed by atoms with Crippen LogP contribution in [0.3, 0.4) is 0 Å². The summed E-state index contributed by atoms with van der Waals surface area (Å²) in [7, 11) is 0. The number of phenolic OH excluding ortho intramolecular Hbond substituents is 1. The van der Waals surface area contributed by atoms with Crippen molar-refractivity contribution in [2.45, 2.75) is 31.9 Å². The lowest BCUT2D eigenvalue weighted by atomic mass is 9.95. The number of rotatable bonds is 6. The highest BCUT2D eigenvalue weighted by Crippen LogP contribution is 2.45. The summed E-state index contributed by atoms with van der Waals surface area (Å²) in [6.07, 6.45) is 1.97. The second kappa shape index (κ2) is 8.07. The molecule has 160 valence electrons. The van der Waals surface area contributed by atoms with Crippen LogP contribution in [0.25, 0.3) is 11.3 Å². The van der Waals surface area contributed by atoms with E-state index in [1.165, 1.54) is 0 Å². The SMILES string of the molecule is CCOc1cccc([C@@H]2c3c(-c4ccccc4O)n[nH]c3C(=O)N2C[C@H]2CCCO2)c1. The zero-order chi connectivity index (χ0) is 21.4. The Balaban J connectivity index is 1.63. The van der Waals surface area contributed by atoms with Gasteiger partial charge < -0.3 is 19.5 Å². The van der Waals surface area contributed by atoms with Gasteiger partial charge in [0, 0.05) is 24.3 Å². The molecule has 5 rings (SSSR count). The van der Waals surface area contributed by atoms with Gasteiger partial charge in [-0.2, -0.15) is 5.10 Å². The van der Waals surface area contributed by atoms with E-state index in [4.69, 9.17) is 9.47 Å². The van der Waals surface area contributed by atoms with Gasteiger partial charge in [0.1, 0.15) is 22.9 Å². The van der Waals surface area contributed by atoms with Gasteiger partial charge in [-0.3, -0.25) is 9.89 Å². The molecule has 7 nitrogen and oxygen atoms in total. The summed E-state index contributed by atoms with van der Waals surface area (Å²) in [5.74, 6) is 0.778. The fourth-order valence-corrected chi connectivity index (χ4v) is 4.56. The topological polar surface area (TPSA) is 87.7 Å². The molecule has 0 saturated carbocycles. The Bertz CT molecular complexity index is 1100. The van der Waals surface area contributed by atoms with Crippen LogP contribution in [0.4, 0.5) is 0 Å². The minimum Gasteiger partial charge on any atom is -0.507 e. The van der Waals surface area contributed by atoms with Crippen LogP contribution in [-0.4, -0.2) is 52.0 Å². The third-order valence-corrected chi connectivity index (χ3v) is 5.93. The fourth-order valence-electron chi connectivity index (χ4n) is 4.56. The Hall–Kier alpha value is -3.32. The fraction of sp³-hybridized carbons (Fsp3) is 0.333. The van der Waals surface area contributed by atoms with E-state index in [0.717, 1.165) is 36.3 Å². The van der Waals surface area contributed by atoms with Crippen molar-refractivity contribution in [2.24, 2.45) is 0 Å². The molecule has 2 aromatic carbocycles. The van der Waals surface area contributed by atoms with Crippen molar-refractivity contribution < 1.29 is 19.4 Å². The number of H-pyrrole nitrogens is 1. The van der Waals surface area contributed by atoms with E-state index in [0.29, 0.717) is 30.1 Å². The molecule has 0 aliphatic carbocycles. The van der Waals surface area contributed by atoms with Crippen molar-refractivity contribution in [2.75, 3.05) is 19.8 Å². The lowest BCUT2D eigenvalue weighted by molar-refractivity contribution is 0.0495. The summed E-state index contributed by atoms with van der Waals surface area (Å²) >= 11 is 0. The number of fused-ring (bicyclic) bond motifs is 1. The third kappa shape index (κ3) is 3.45. The van der Waals surface area contributed by atoms with Gasteiger partial charge in [0.05, 0.1) is 18.8 Å². The predicted molar refractivity (Wildman–Crippen MR) is 115 cm³/mol. The zero-order valence-electron chi connectivity index (χ0n) is 17.4. The predicted octanol–water partition coefficient (Wildman–Crippen LogP) is 3.91. The number of aromatic amines is 1. The molecular formula is C24H25N3O4. The number of nitrogens with one attached hydrogen (secondary N) is 1. The van der Waals surface area contributed by atoms with Gasteiger partial charge >= 0.3 is 0 Å². The molecule has 0 bridgehead atoms. The quantitative estimate of drug-likeness (QED) is 0.633. The van der Waals surface area contributed by atoms with Crippen LogP contribution in [0.15, 0.2) is 48.5 Å². The van der Waals surface area contributed by atoms with E-state index >= 15 is 0 Å². The number of aromatic nitrogens is 2. The number of para-hydroxylation sites is 1. The van der Waals surface area contributed by atoms with Crippen LogP contribution >= 0.6 is 0 Å². The zero-order valence-corrected chi connectivity index (χ0v) is 17.4. The second-order valence-corrected chi connectivity index (χ2v) is 7.88. The normalized spacial score (nSPS) is 20.3. The van der Waals surface area contributed by atoms with Crippen molar-refractivity contribution in [1.82, 2.24) is 15.1 Å². The molecule has 0 radical (unpaired) electrons. The Morgan fingerprint density at radius 3 is 2.90 bits per heavy atom. The van der Waals surface area contributed by atoms with Crippen LogP contribution in [0, 0.1) is 0 Å². The van der Waals surface area contributed by atoms with E-state index in [1.807, 2.05) is 48.2 Å². The van der Waals surface area contributed by atoms with Gasteiger partial charge in [0.2, 0.25) is 0 Å². The summed E-state index contributed by atoms with van der Waals surface area (Å²) in [5.41, 5.74) is 3.36. The van der Waals surface area contributed by atoms with Crippen molar-refractivity contribution >= 4 is 5.91 Å². The molecule has 3 heterocycles. The summed E-state index contributed by atoms with van der Waals surface area (Å²) in [4.78, 5) is 15.3. The van der Waals surface area contributed by atoms with E-state index in [2.05, 4.69) is 10.2 Å². The minimum atomic E-state index is -0.347. The first-order valence-corrected chi connectivity index (χ1v) is 10.7. The van der Waals surface area contributed by atoms with Crippen molar-refractivity contribution in [3.05, 3.63) is 65.4 Å². The smallest absolute Gasteiger partial charge is 0.273 e. The molecule has 1 saturated heterocycles. The first-order chi connectivity index (χ1) is 15.2. The van der Waals surface area contributed by atoms with Crippen LogP contribution in [-0.2, 0) is 4.74 Å². The summed E-state index contributed by atoms with van der Waals surface area (Å²) < 4.78 is 11.5. The standard InChI is InChI=1S/C24H25N3O4/c1-2-30-16-8-5-7-15(13-16)23-20-21(18-10-3-4-11-19(18)28)25-26-22(20)24(29)27(23)14-17-9-6-12-31-17/h3-5,7-8,10-11,13,17,23,28H,2,6,9,12,14H2,1H3,(H,25,26)/t17-,23-/m1/s1. The van der Waals surface area contributed by atoms with Gasteiger partial charge in [0.15, 0.2) is 0 Å². The number of ether oxygens (including phenoxy) is 2. The molecule has 7 heteroatoms. The molecule has 0 unspecified atom stereocenters. The Morgan fingerprint density at radius 1 is 1.26 bits per heavy atom. The first kappa shape index (κ1) is 19.6. The van der Waals surface area contributed by atoms with Gasteiger partial charge in [-0.05, 0) is 49.6 Å². The highest BCUT2D eigenvalue weighted by atomic mass is 16.5. The molecule has 1 amide bonds. The van der Waals surface area contributed by atoms with Crippen LogP contribution in [0.5, 0.6) is 11.5 Å².